The zero-order valence-electron chi connectivity index (χ0n) is 9.89. The molecule has 0 aromatic carbocycles. The second kappa shape index (κ2) is 6.32. The first-order chi connectivity index (χ1) is 7.94. The van der Waals surface area contributed by atoms with E-state index in [2.05, 4.69) is 5.32 Å². The number of nitrogens with two attached hydrogens (primary N) is 2. The van der Waals surface area contributed by atoms with Gasteiger partial charge in [-0.05, 0) is 31.7 Å². The van der Waals surface area contributed by atoms with Crippen molar-refractivity contribution >= 4 is 15.9 Å². The number of hydrogen-bond acceptors (Lipinski definition) is 4. The van der Waals surface area contributed by atoms with Gasteiger partial charge < -0.3 is 11.1 Å². The molecule has 0 aromatic heterocycles. The molecule has 0 aromatic rings. The summed E-state index contributed by atoms with van der Waals surface area (Å²) < 4.78 is 21.4. The van der Waals surface area contributed by atoms with E-state index in [1.54, 1.807) is 0 Å². The molecule has 0 bridgehead atoms. The first-order valence-electron chi connectivity index (χ1n) is 5.92. The van der Waals surface area contributed by atoms with Gasteiger partial charge in [0.05, 0.1) is 5.75 Å². The van der Waals surface area contributed by atoms with Gasteiger partial charge in [-0.3, -0.25) is 4.79 Å². The number of sulfonamides is 1. The van der Waals surface area contributed by atoms with Crippen LogP contribution in [0.3, 0.4) is 0 Å². The van der Waals surface area contributed by atoms with E-state index in [4.69, 9.17) is 10.9 Å². The average Bonchev–Trinajstić information content (AvgIpc) is 2.70. The van der Waals surface area contributed by atoms with Crippen LogP contribution < -0.4 is 16.2 Å². The molecule has 0 saturated heterocycles. The van der Waals surface area contributed by atoms with Crippen LogP contribution in [-0.4, -0.2) is 33.2 Å². The molecule has 1 fully saturated rings. The van der Waals surface area contributed by atoms with Crippen LogP contribution in [0.2, 0.25) is 0 Å². The van der Waals surface area contributed by atoms with Crippen molar-refractivity contribution in [1.82, 2.24) is 5.32 Å². The average molecular weight is 263 g/mol. The molecule has 2 atom stereocenters. The summed E-state index contributed by atoms with van der Waals surface area (Å²) in [6.07, 6.45) is 3.27. The molecule has 0 radical (unpaired) electrons. The second-order valence-corrected chi connectivity index (χ2v) is 6.28. The van der Waals surface area contributed by atoms with Crippen LogP contribution in [0.25, 0.3) is 0 Å². The lowest BCUT2D eigenvalue weighted by atomic mass is 9.95. The summed E-state index contributed by atoms with van der Waals surface area (Å²) in [6, 6.07) is 0. The molecule has 5 N–H and O–H groups in total. The van der Waals surface area contributed by atoms with E-state index in [-0.39, 0.29) is 23.5 Å². The molecule has 0 spiro atoms. The van der Waals surface area contributed by atoms with Crippen molar-refractivity contribution in [3.05, 3.63) is 0 Å². The van der Waals surface area contributed by atoms with Crippen LogP contribution in [0, 0.1) is 11.8 Å². The summed E-state index contributed by atoms with van der Waals surface area (Å²) in [5, 5.41) is 7.61. The quantitative estimate of drug-likeness (QED) is 0.542. The number of rotatable bonds is 6. The SMILES string of the molecule is NCC1CCCC1C(=O)NCCCS(N)(=O)=O. The Morgan fingerprint density at radius 3 is 2.65 bits per heavy atom. The molecule has 1 amide bonds. The number of carbonyl (C=O) groups is 1. The third kappa shape index (κ3) is 5.01. The lowest BCUT2D eigenvalue weighted by Crippen LogP contribution is -2.36. The molecule has 2 unspecified atom stereocenters. The highest BCUT2D eigenvalue weighted by molar-refractivity contribution is 7.89. The number of primary sulfonamides is 1. The third-order valence-corrected chi connectivity index (χ3v) is 4.06. The van der Waals surface area contributed by atoms with Gasteiger partial charge in [0.15, 0.2) is 0 Å². The van der Waals surface area contributed by atoms with E-state index in [1.807, 2.05) is 0 Å². The third-order valence-electron chi connectivity index (χ3n) is 3.20. The van der Waals surface area contributed by atoms with Gasteiger partial charge in [0.1, 0.15) is 0 Å². The molecule has 1 saturated carbocycles. The van der Waals surface area contributed by atoms with Crippen molar-refractivity contribution < 1.29 is 13.2 Å². The highest BCUT2D eigenvalue weighted by atomic mass is 32.2. The maximum Gasteiger partial charge on any atom is 0.223 e. The fourth-order valence-electron chi connectivity index (χ4n) is 2.28. The topological polar surface area (TPSA) is 115 Å². The molecule has 6 nitrogen and oxygen atoms in total. The van der Waals surface area contributed by atoms with Gasteiger partial charge in [-0.1, -0.05) is 6.42 Å². The van der Waals surface area contributed by atoms with Crippen LogP contribution in [-0.2, 0) is 14.8 Å². The molecule has 7 heteroatoms. The van der Waals surface area contributed by atoms with Crippen LogP contribution >= 0.6 is 0 Å². The minimum atomic E-state index is -3.43. The summed E-state index contributed by atoms with van der Waals surface area (Å²) in [6.45, 7) is 0.887. The van der Waals surface area contributed by atoms with Gasteiger partial charge >= 0.3 is 0 Å². The van der Waals surface area contributed by atoms with Gasteiger partial charge in [0.25, 0.3) is 0 Å². The Morgan fingerprint density at radius 2 is 2.06 bits per heavy atom. The minimum absolute atomic E-state index is 0.00511. The first-order valence-corrected chi connectivity index (χ1v) is 7.64. The zero-order chi connectivity index (χ0) is 12.9. The smallest absolute Gasteiger partial charge is 0.223 e. The van der Waals surface area contributed by atoms with Crippen molar-refractivity contribution in [3.63, 3.8) is 0 Å². The van der Waals surface area contributed by atoms with Crippen molar-refractivity contribution in [1.29, 1.82) is 0 Å². The van der Waals surface area contributed by atoms with E-state index >= 15 is 0 Å². The fourth-order valence-corrected chi connectivity index (χ4v) is 2.83. The van der Waals surface area contributed by atoms with Gasteiger partial charge in [0.2, 0.25) is 15.9 Å². The first kappa shape index (κ1) is 14.4. The largest absolute Gasteiger partial charge is 0.356 e. The molecule has 1 aliphatic carbocycles. The van der Waals surface area contributed by atoms with Gasteiger partial charge in [0, 0.05) is 12.5 Å². The molecular formula is C10H21N3O3S. The van der Waals surface area contributed by atoms with Gasteiger partial charge in [-0.25, -0.2) is 13.6 Å². The predicted octanol–water partition coefficient (Wildman–Crippen LogP) is -0.844. The summed E-state index contributed by atoms with van der Waals surface area (Å²) in [5.41, 5.74) is 5.60. The molecule has 1 rings (SSSR count). The Kier molecular flexibility index (Phi) is 5.35. The van der Waals surface area contributed by atoms with Crippen LogP contribution in [0.5, 0.6) is 0 Å². The van der Waals surface area contributed by atoms with E-state index in [1.165, 1.54) is 0 Å². The minimum Gasteiger partial charge on any atom is -0.356 e. The molecular weight excluding hydrogens is 242 g/mol. The highest BCUT2D eigenvalue weighted by Gasteiger charge is 2.31. The summed E-state index contributed by atoms with van der Waals surface area (Å²) in [7, 11) is -3.43. The van der Waals surface area contributed by atoms with Crippen LogP contribution in [0.15, 0.2) is 0 Å². The Balaban J connectivity index is 2.25. The molecule has 1 aliphatic rings. The summed E-state index contributed by atoms with van der Waals surface area (Å²) >= 11 is 0. The Labute approximate surface area is 102 Å². The van der Waals surface area contributed by atoms with E-state index in [9.17, 15) is 13.2 Å². The van der Waals surface area contributed by atoms with Crippen molar-refractivity contribution in [2.24, 2.45) is 22.7 Å². The fraction of sp³-hybridized carbons (Fsp3) is 0.900. The lowest BCUT2D eigenvalue weighted by Gasteiger charge is -2.17. The number of nitrogens with one attached hydrogen (secondary N) is 1. The number of carbonyl (C=O) groups excluding carboxylic acids is 1. The summed E-state index contributed by atoms with van der Waals surface area (Å²) in [5.74, 6) is 0.160. The Hall–Kier alpha value is -0.660. The van der Waals surface area contributed by atoms with Crippen molar-refractivity contribution in [2.75, 3.05) is 18.8 Å². The van der Waals surface area contributed by atoms with E-state index < -0.39 is 10.0 Å². The Bertz CT molecular complexity index is 356. The van der Waals surface area contributed by atoms with Crippen molar-refractivity contribution in [3.8, 4) is 0 Å². The molecule has 17 heavy (non-hydrogen) atoms. The van der Waals surface area contributed by atoms with E-state index in [0.717, 1.165) is 19.3 Å². The van der Waals surface area contributed by atoms with Gasteiger partial charge in [-0.2, -0.15) is 0 Å². The monoisotopic (exact) mass is 263 g/mol. The predicted molar refractivity (Wildman–Crippen MR) is 65.5 cm³/mol. The lowest BCUT2D eigenvalue weighted by molar-refractivity contribution is -0.125. The van der Waals surface area contributed by atoms with Crippen LogP contribution in [0.4, 0.5) is 0 Å². The van der Waals surface area contributed by atoms with E-state index in [0.29, 0.717) is 19.5 Å². The van der Waals surface area contributed by atoms with Crippen molar-refractivity contribution in [2.45, 2.75) is 25.7 Å². The summed E-state index contributed by atoms with van der Waals surface area (Å²) in [4.78, 5) is 11.8. The van der Waals surface area contributed by atoms with Gasteiger partial charge in [-0.15, -0.1) is 0 Å². The number of hydrogen-bond donors (Lipinski definition) is 3. The standard InChI is InChI=1S/C10H21N3O3S/c11-7-8-3-1-4-9(8)10(14)13-5-2-6-17(12,15)16/h8-9H,1-7,11H2,(H,13,14)(H2,12,15,16). The second-order valence-electron chi connectivity index (χ2n) is 4.54. The highest BCUT2D eigenvalue weighted by Crippen LogP contribution is 2.30. The molecule has 100 valence electrons. The maximum atomic E-state index is 11.8. The van der Waals surface area contributed by atoms with Crippen LogP contribution in [0.1, 0.15) is 25.7 Å². The molecule has 0 aliphatic heterocycles. The zero-order valence-corrected chi connectivity index (χ0v) is 10.7. The Morgan fingerprint density at radius 1 is 1.35 bits per heavy atom. The number of amides is 1. The maximum absolute atomic E-state index is 11.8. The molecule has 0 heterocycles. The normalized spacial score (nSPS) is 24.8.